The maximum atomic E-state index is 9.63. The van der Waals surface area contributed by atoms with Crippen LogP contribution in [0.15, 0.2) is 109 Å². The van der Waals surface area contributed by atoms with E-state index in [2.05, 4.69) is 60.7 Å². The van der Waals surface area contributed by atoms with Gasteiger partial charge in [-0.1, -0.05) is 99.8 Å². The first kappa shape index (κ1) is 29.1. The molecule has 0 saturated heterocycles. The molecule has 4 bridgehead atoms. The van der Waals surface area contributed by atoms with Crippen LogP contribution in [0.1, 0.15) is 84.7 Å². The van der Waals surface area contributed by atoms with E-state index in [1.165, 1.54) is 22.3 Å². The fourth-order valence-corrected chi connectivity index (χ4v) is 6.73. The Morgan fingerprint density at radius 2 is 0.833 bits per heavy atom. The predicted octanol–water partition coefficient (Wildman–Crippen LogP) is 9.50. The van der Waals surface area contributed by atoms with Gasteiger partial charge in [-0.3, -0.25) is 0 Å². The van der Waals surface area contributed by atoms with Gasteiger partial charge in [0, 0.05) is 45.9 Å². The van der Waals surface area contributed by atoms with E-state index in [1.807, 2.05) is 36.4 Å². The van der Waals surface area contributed by atoms with Crippen molar-refractivity contribution in [1.82, 2.24) is 0 Å². The molecule has 4 aromatic rings. The fourth-order valence-electron chi connectivity index (χ4n) is 6.73. The third-order valence-electron chi connectivity index (χ3n) is 8.57. The molecule has 4 nitrogen and oxygen atoms in total. The number of hydrogen-bond acceptors (Lipinski definition) is 4. The molecule has 4 aliphatic rings. The van der Waals surface area contributed by atoms with Crippen molar-refractivity contribution < 1.29 is 19.7 Å². The van der Waals surface area contributed by atoms with Gasteiger partial charge >= 0.3 is 0 Å². The lowest BCUT2D eigenvalue weighted by molar-refractivity contribution is 0.293. The van der Waals surface area contributed by atoms with Crippen molar-refractivity contribution in [3.8, 4) is 23.0 Å². The lowest BCUT2D eigenvalue weighted by Gasteiger charge is -2.20. The lowest BCUT2D eigenvalue weighted by Crippen LogP contribution is -2.05. The van der Waals surface area contributed by atoms with Crippen molar-refractivity contribution in [2.75, 3.05) is 0 Å². The zero-order chi connectivity index (χ0) is 27.1. The van der Waals surface area contributed by atoms with E-state index < -0.39 is 0 Å². The second kappa shape index (κ2) is 12.2. The van der Waals surface area contributed by atoms with Crippen LogP contribution in [0, 0.1) is 0 Å². The number of rotatable bonds is 6. The van der Waals surface area contributed by atoms with Crippen molar-refractivity contribution in [3.63, 3.8) is 0 Å². The van der Waals surface area contributed by atoms with Crippen LogP contribution >= 0.6 is 0 Å². The fraction of sp³-hybridized carbons (Fsp3) is 0.263. The van der Waals surface area contributed by atoms with Crippen LogP contribution in [0.5, 0.6) is 23.0 Å². The summed E-state index contributed by atoms with van der Waals surface area (Å²) in [6.45, 7) is 1.19. The molecule has 8 rings (SSSR count). The monoisotopic (exact) mass is 560 g/mol. The molecular formula is C38H40O4. The molecule has 0 aliphatic heterocycles. The van der Waals surface area contributed by atoms with Gasteiger partial charge in [0.2, 0.25) is 0 Å². The summed E-state index contributed by atoms with van der Waals surface area (Å²) in [6, 6.07) is 28.0. The molecule has 2 N–H and O–H groups in total. The molecule has 0 spiro atoms. The molecule has 4 aromatic carbocycles. The third-order valence-corrected chi connectivity index (χ3v) is 8.57. The predicted molar refractivity (Wildman–Crippen MR) is 170 cm³/mol. The minimum absolute atomic E-state index is 0. The Labute approximate surface area is 249 Å². The largest absolute Gasteiger partial charge is 0.508 e. The van der Waals surface area contributed by atoms with Crippen molar-refractivity contribution in [2.24, 2.45) is 0 Å². The van der Waals surface area contributed by atoms with Crippen LogP contribution in [0.25, 0.3) is 0 Å². The average molecular weight is 561 g/mol. The highest BCUT2D eigenvalue weighted by Crippen LogP contribution is 2.56. The molecule has 4 aliphatic carbocycles. The highest BCUT2D eigenvalue weighted by molar-refractivity contribution is 5.61. The topological polar surface area (TPSA) is 58.9 Å². The molecule has 0 radical (unpaired) electrons. The second-order valence-corrected chi connectivity index (χ2v) is 11.0. The summed E-state index contributed by atoms with van der Waals surface area (Å²) in [7, 11) is 0. The zero-order valence-corrected chi connectivity index (χ0v) is 22.2. The van der Waals surface area contributed by atoms with Gasteiger partial charge in [0.15, 0.2) is 0 Å². The van der Waals surface area contributed by atoms with Crippen molar-refractivity contribution >= 4 is 0 Å². The number of fused-ring (bicyclic) bond motifs is 10. The first-order valence-corrected chi connectivity index (χ1v) is 14.1. The summed E-state index contributed by atoms with van der Waals surface area (Å²) < 4.78 is 12.4. The highest BCUT2D eigenvalue weighted by Gasteiger charge is 2.38. The first-order chi connectivity index (χ1) is 19.7. The highest BCUT2D eigenvalue weighted by atomic mass is 16.5. The second-order valence-electron chi connectivity index (χ2n) is 11.0. The molecule has 0 amide bonds. The minimum Gasteiger partial charge on any atom is -0.508 e. The SMILES string of the molecule is C.C.C1=CC2CC1c1c(OCc3ccccc3)ccc(OCc3ccccc3)c12.Oc1ccc(O)c2c1C1C=CC2C1. The number of hydrogen-bond donors (Lipinski definition) is 2. The lowest BCUT2D eigenvalue weighted by atomic mass is 9.95. The van der Waals surface area contributed by atoms with Gasteiger partial charge in [-0.05, 0) is 48.2 Å². The number of phenolic OH excluding ortho intramolecular Hbond substituents is 2. The Morgan fingerprint density at radius 1 is 0.476 bits per heavy atom. The van der Waals surface area contributed by atoms with E-state index in [-0.39, 0.29) is 14.9 Å². The molecule has 0 saturated carbocycles. The van der Waals surface area contributed by atoms with Gasteiger partial charge in [0.25, 0.3) is 0 Å². The van der Waals surface area contributed by atoms with Gasteiger partial charge < -0.3 is 19.7 Å². The number of allylic oxidation sites excluding steroid dienone is 4. The third kappa shape index (κ3) is 5.30. The Kier molecular flexibility index (Phi) is 8.44. The maximum Gasteiger partial charge on any atom is 0.124 e. The summed E-state index contributed by atoms with van der Waals surface area (Å²) in [5, 5.41) is 19.3. The van der Waals surface area contributed by atoms with E-state index in [4.69, 9.17) is 9.47 Å². The van der Waals surface area contributed by atoms with Crippen LogP contribution in [0.2, 0.25) is 0 Å². The molecular weight excluding hydrogens is 520 g/mol. The summed E-state index contributed by atoms with van der Waals surface area (Å²) in [5.41, 5.74) is 6.90. The van der Waals surface area contributed by atoms with Gasteiger partial charge in [-0.15, -0.1) is 0 Å². The number of ether oxygens (including phenoxy) is 2. The van der Waals surface area contributed by atoms with E-state index in [0.29, 0.717) is 48.4 Å². The summed E-state index contributed by atoms with van der Waals surface area (Å²) in [5.74, 6) is 4.20. The standard InChI is InChI=1S/C25H22O2.C11H10O2.2CH4/c1-3-7-18(8-4-1)16-26-22-13-14-23(27-17-19-9-5-2-6-10-19)25-21-12-11-20(15-21)24(22)25;12-8-3-4-9(13)11-7-2-1-6(5-7)10(8)11;;/h1-14,20-21H,15-17H2;1-4,6-7,12-13H,5H2;2*1H4. The van der Waals surface area contributed by atoms with Gasteiger partial charge in [-0.25, -0.2) is 0 Å². The van der Waals surface area contributed by atoms with Crippen LogP contribution in [-0.2, 0) is 13.2 Å². The van der Waals surface area contributed by atoms with Crippen molar-refractivity contribution in [2.45, 2.75) is 64.6 Å². The van der Waals surface area contributed by atoms with Crippen LogP contribution < -0.4 is 9.47 Å². The average Bonchev–Trinajstić information content (AvgIpc) is 3.81. The Hall–Kier alpha value is -4.44. The summed E-state index contributed by atoms with van der Waals surface area (Å²) in [6.07, 6.45) is 11.0. The van der Waals surface area contributed by atoms with Gasteiger partial charge in [0.05, 0.1) is 0 Å². The van der Waals surface area contributed by atoms with E-state index in [9.17, 15) is 10.2 Å². The smallest absolute Gasteiger partial charge is 0.124 e. The number of phenols is 2. The molecule has 0 aromatic heterocycles. The summed E-state index contributed by atoms with van der Waals surface area (Å²) >= 11 is 0. The molecule has 216 valence electrons. The van der Waals surface area contributed by atoms with Gasteiger partial charge in [0.1, 0.15) is 36.2 Å². The maximum absolute atomic E-state index is 9.63. The normalized spacial score (nSPS) is 21.0. The van der Waals surface area contributed by atoms with Crippen LogP contribution in [-0.4, -0.2) is 10.2 Å². The Morgan fingerprint density at radius 3 is 1.21 bits per heavy atom. The van der Waals surface area contributed by atoms with Gasteiger partial charge in [-0.2, -0.15) is 0 Å². The molecule has 4 heteroatoms. The molecule has 4 atom stereocenters. The quantitative estimate of drug-likeness (QED) is 0.182. The molecule has 4 unspecified atom stereocenters. The van der Waals surface area contributed by atoms with E-state index >= 15 is 0 Å². The molecule has 0 fully saturated rings. The Balaban J connectivity index is 0.000000198. The van der Waals surface area contributed by atoms with Crippen molar-refractivity contribution in [1.29, 1.82) is 0 Å². The Bertz CT molecular complexity index is 1470. The van der Waals surface area contributed by atoms with E-state index in [0.717, 1.165) is 35.5 Å². The van der Waals surface area contributed by atoms with Crippen molar-refractivity contribution in [3.05, 3.63) is 143 Å². The first-order valence-electron chi connectivity index (χ1n) is 14.1. The zero-order valence-electron chi connectivity index (χ0n) is 22.2. The van der Waals surface area contributed by atoms with Crippen LogP contribution in [0.4, 0.5) is 0 Å². The molecule has 42 heavy (non-hydrogen) atoms. The number of aromatic hydroxyl groups is 2. The van der Waals surface area contributed by atoms with E-state index in [1.54, 1.807) is 12.1 Å². The minimum atomic E-state index is 0. The summed E-state index contributed by atoms with van der Waals surface area (Å²) in [4.78, 5) is 0. The molecule has 0 heterocycles. The number of benzene rings is 4. The van der Waals surface area contributed by atoms with Crippen LogP contribution in [0.3, 0.4) is 0 Å².